The van der Waals surface area contributed by atoms with Crippen LogP contribution in [-0.4, -0.2) is 26.2 Å². The quantitative estimate of drug-likeness (QED) is 0.526. The lowest BCUT2D eigenvalue weighted by Gasteiger charge is -1.97. The molecule has 1 aromatic heterocycles. The number of carbonyl (C=O) groups is 1. The normalized spacial score (nSPS) is 9.75. The number of H-pyrrole nitrogens is 1. The monoisotopic (exact) mass is 170 g/mol. The maximum atomic E-state index is 10.8. The molecule has 0 aliphatic rings. The minimum atomic E-state index is -1.43. The van der Waals surface area contributed by atoms with E-state index in [-0.39, 0.29) is 5.82 Å². The predicted octanol–water partition coefficient (Wildman–Crippen LogP) is -0.518. The first kappa shape index (κ1) is 8.25. The molecule has 0 atom stereocenters. The number of hydrogen-bond acceptors (Lipinski definition) is 4. The molecular weight excluding hydrogens is 164 g/mol. The zero-order valence-electron chi connectivity index (χ0n) is 6.16. The molecule has 1 aromatic rings. The fourth-order valence-electron chi connectivity index (χ4n) is 0.729. The van der Waals surface area contributed by atoms with E-state index in [1.54, 1.807) is 0 Å². The predicted molar refractivity (Wildman–Crippen MR) is 38.2 cm³/mol. The molecule has 0 amide bonds. The van der Waals surface area contributed by atoms with Gasteiger partial charge in [0, 0.05) is 0 Å². The number of carboxylic acids is 1. The standard InChI is InChI=1S/C6H6N2O4/c1-2-7-3(6(11)12)4(9)5(10)8-2/h9H,1H3,(H,11,12)(H,7,8,10). The first-order chi connectivity index (χ1) is 5.52. The molecule has 0 spiro atoms. The Morgan fingerprint density at radius 1 is 1.58 bits per heavy atom. The third-order valence-corrected chi connectivity index (χ3v) is 1.22. The molecule has 0 unspecified atom stereocenters. The van der Waals surface area contributed by atoms with Gasteiger partial charge in [0.25, 0.3) is 5.56 Å². The summed E-state index contributed by atoms with van der Waals surface area (Å²) in [6, 6.07) is 0. The van der Waals surface area contributed by atoms with Crippen molar-refractivity contribution in [1.29, 1.82) is 0 Å². The van der Waals surface area contributed by atoms with Crippen LogP contribution < -0.4 is 5.56 Å². The molecule has 0 saturated heterocycles. The molecule has 0 bridgehead atoms. The first-order valence-corrected chi connectivity index (χ1v) is 3.05. The van der Waals surface area contributed by atoms with Crippen molar-refractivity contribution in [3.63, 3.8) is 0 Å². The fourth-order valence-corrected chi connectivity index (χ4v) is 0.729. The highest BCUT2D eigenvalue weighted by atomic mass is 16.4. The maximum Gasteiger partial charge on any atom is 0.358 e. The van der Waals surface area contributed by atoms with Gasteiger partial charge >= 0.3 is 5.97 Å². The van der Waals surface area contributed by atoms with Crippen molar-refractivity contribution in [3.05, 3.63) is 21.9 Å². The van der Waals surface area contributed by atoms with Crippen molar-refractivity contribution < 1.29 is 15.0 Å². The van der Waals surface area contributed by atoms with Crippen LogP contribution in [0.5, 0.6) is 5.75 Å². The molecule has 0 fully saturated rings. The molecule has 1 rings (SSSR count). The van der Waals surface area contributed by atoms with E-state index in [0.717, 1.165) is 0 Å². The van der Waals surface area contributed by atoms with Crippen molar-refractivity contribution in [3.8, 4) is 5.75 Å². The number of aromatic nitrogens is 2. The Hall–Kier alpha value is -1.85. The number of nitrogens with zero attached hydrogens (tertiary/aromatic N) is 1. The molecule has 0 saturated carbocycles. The first-order valence-electron chi connectivity index (χ1n) is 3.05. The Balaban J connectivity index is 3.48. The topological polar surface area (TPSA) is 103 Å². The van der Waals surface area contributed by atoms with E-state index in [4.69, 9.17) is 10.2 Å². The van der Waals surface area contributed by atoms with E-state index in [1.807, 2.05) is 0 Å². The number of aromatic amines is 1. The molecule has 3 N–H and O–H groups in total. The van der Waals surface area contributed by atoms with Crippen molar-refractivity contribution >= 4 is 5.97 Å². The highest BCUT2D eigenvalue weighted by Gasteiger charge is 2.14. The highest BCUT2D eigenvalue weighted by Crippen LogP contribution is 2.06. The van der Waals surface area contributed by atoms with E-state index < -0.39 is 23.0 Å². The third kappa shape index (κ3) is 1.26. The van der Waals surface area contributed by atoms with Crippen LogP contribution in [0.4, 0.5) is 0 Å². The van der Waals surface area contributed by atoms with Gasteiger partial charge in [-0.05, 0) is 6.92 Å². The van der Waals surface area contributed by atoms with E-state index in [9.17, 15) is 9.59 Å². The molecule has 0 aliphatic heterocycles. The minimum Gasteiger partial charge on any atom is -0.501 e. The molecule has 6 nitrogen and oxygen atoms in total. The van der Waals surface area contributed by atoms with Crippen LogP contribution in [0.1, 0.15) is 16.3 Å². The number of hydrogen-bond donors (Lipinski definition) is 3. The van der Waals surface area contributed by atoms with Crippen molar-refractivity contribution in [1.82, 2.24) is 9.97 Å². The maximum absolute atomic E-state index is 10.8. The van der Waals surface area contributed by atoms with Gasteiger partial charge in [0.15, 0.2) is 5.69 Å². The van der Waals surface area contributed by atoms with Crippen LogP contribution in [0, 0.1) is 6.92 Å². The SMILES string of the molecule is Cc1nc(C(=O)O)c(O)c(=O)[nH]1. The number of aromatic hydroxyl groups is 1. The second-order valence-corrected chi connectivity index (χ2v) is 2.15. The Morgan fingerprint density at radius 3 is 2.67 bits per heavy atom. The number of carboxylic acid groups (broad SMARTS) is 1. The van der Waals surface area contributed by atoms with Gasteiger partial charge in [0.05, 0.1) is 0 Å². The largest absolute Gasteiger partial charge is 0.501 e. The molecule has 0 radical (unpaired) electrons. The summed E-state index contributed by atoms with van der Waals surface area (Å²) in [6.07, 6.45) is 0. The Bertz CT molecular complexity index is 382. The minimum absolute atomic E-state index is 0.148. The molecule has 0 aromatic carbocycles. The molecule has 0 aliphatic carbocycles. The zero-order chi connectivity index (χ0) is 9.30. The van der Waals surface area contributed by atoms with Crippen LogP contribution in [0.15, 0.2) is 4.79 Å². The van der Waals surface area contributed by atoms with Gasteiger partial charge in [-0.1, -0.05) is 0 Å². The van der Waals surface area contributed by atoms with Crippen LogP contribution in [0.3, 0.4) is 0 Å². The van der Waals surface area contributed by atoms with E-state index >= 15 is 0 Å². The molecular formula is C6H6N2O4. The Morgan fingerprint density at radius 2 is 2.17 bits per heavy atom. The van der Waals surface area contributed by atoms with E-state index in [0.29, 0.717) is 0 Å². The third-order valence-electron chi connectivity index (χ3n) is 1.22. The van der Waals surface area contributed by atoms with Crippen LogP contribution in [0.2, 0.25) is 0 Å². The summed E-state index contributed by atoms with van der Waals surface area (Å²) >= 11 is 0. The number of nitrogens with one attached hydrogen (secondary N) is 1. The summed E-state index contributed by atoms with van der Waals surface area (Å²) in [4.78, 5) is 26.7. The number of aryl methyl sites for hydroxylation is 1. The zero-order valence-corrected chi connectivity index (χ0v) is 6.16. The smallest absolute Gasteiger partial charge is 0.358 e. The summed E-state index contributed by atoms with van der Waals surface area (Å²) in [5.74, 6) is -2.15. The van der Waals surface area contributed by atoms with Crippen LogP contribution in [0.25, 0.3) is 0 Å². The molecule has 64 valence electrons. The second-order valence-electron chi connectivity index (χ2n) is 2.15. The van der Waals surface area contributed by atoms with E-state index in [2.05, 4.69) is 9.97 Å². The lowest BCUT2D eigenvalue weighted by molar-refractivity contribution is 0.0686. The average molecular weight is 170 g/mol. The Kier molecular flexibility index (Phi) is 1.82. The molecule has 1 heterocycles. The van der Waals surface area contributed by atoms with Gasteiger partial charge in [0.2, 0.25) is 5.75 Å². The van der Waals surface area contributed by atoms with Gasteiger partial charge in [0.1, 0.15) is 5.82 Å². The van der Waals surface area contributed by atoms with Gasteiger partial charge in [-0.25, -0.2) is 9.78 Å². The fraction of sp³-hybridized carbons (Fsp3) is 0.167. The van der Waals surface area contributed by atoms with Crippen molar-refractivity contribution in [2.75, 3.05) is 0 Å². The van der Waals surface area contributed by atoms with Crippen molar-refractivity contribution in [2.24, 2.45) is 0 Å². The molecule has 6 heteroatoms. The summed E-state index contributed by atoms with van der Waals surface area (Å²) in [5, 5.41) is 17.3. The van der Waals surface area contributed by atoms with Crippen LogP contribution in [-0.2, 0) is 0 Å². The van der Waals surface area contributed by atoms with Gasteiger partial charge in [-0.15, -0.1) is 0 Å². The number of rotatable bonds is 1. The van der Waals surface area contributed by atoms with Gasteiger partial charge in [-0.2, -0.15) is 0 Å². The summed E-state index contributed by atoms with van der Waals surface area (Å²) in [6.45, 7) is 1.42. The van der Waals surface area contributed by atoms with Crippen LogP contribution >= 0.6 is 0 Å². The average Bonchev–Trinajstić information content (AvgIpc) is 1.96. The van der Waals surface area contributed by atoms with Gasteiger partial charge in [-0.3, -0.25) is 4.79 Å². The van der Waals surface area contributed by atoms with Crippen molar-refractivity contribution in [2.45, 2.75) is 6.92 Å². The second kappa shape index (κ2) is 2.65. The lowest BCUT2D eigenvalue weighted by atomic mass is 10.3. The lowest BCUT2D eigenvalue weighted by Crippen LogP contribution is -2.15. The Labute approximate surface area is 66.5 Å². The number of aromatic carboxylic acids is 1. The highest BCUT2D eigenvalue weighted by molar-refractivity contribution is 5.88. The summed E-state index contributed by atoms with van der Waals surface area (Å²) in [5.41, 5.74) is -1.48. The summed E-state index contributed by atoms with van der Waals surface area (Å²) < 4.78 is 0. The van der Waals surface area contributed by atoms with Gasteiger partial charge < -0.3 is 15.2 Å². The summed E-state index contributed by atoms with van der Waals surface area (Å²) in [7, 11) is 0. The van der Waals surface area contributed by atoms with E-state index in [1.165, 1.54) is 6.92 Å². The molecule has 12 heavy (non-hydrogen) atoms.